The molecule has 1 aromatic heterocycles. The number of aromatic nitrogens is 1. The van der Waals surface area contributed by atoms with Gasteiger partial charge in [0.05, 0.1) is 12.6 Å². The third kappa shape index (κ3) is 1.48. The maximum atomic E-state index is 6.12. The van der Waals surface area contributed by atoms with Crippen LogP contribution in [0.5, 0.6) is 5.75 Å². The number of H-pyrrole nitrogens is 1. The molecule has 80 valence electrons. The molecule has 1 aromatic carbocycles. The number of benzene rings is 1. The molecule has 3 nitrogen and oxygen atoms in total. The minimum absolute atomic E-state index is 0.490. The zero-order chi connectivity index (χ0) is 11.0. The van der Waals surface area contributed by atoms with Crippen molar-refractivity contribution in [2.24, 2.45) is 5.73 Å². The normalized spacial score (nSPS) is 10.9. The molecule has 1 heterocycles. The SMILES string of the molecule is COc1cc(Cl)c(C)c2c(CN)c[nH]c12. The van der Waals surface area contributed by atoms with Crippen molar-refractivity contribution in [2.75, 3.05) is 7.11 Å². The van der Waals surface area contributed by atoms with Crippen molar-refractivity contribution in [3.05, 3.63) is 28.4 Å². The largest absolute Gasteiger partial charge is 0.495 e. The van der Waals surface area contributed by atoms with E-state index in [1.165, 1.54) is 0 Å². The Kier molecular flexibility index (Phi) is 2.59. The molecule has 4 heteroatoms. The summed E-state index contributed by atoms with van der Waals surface area (Å²) in [5.41, 5.74) is 8.72. The van der Waals surface area contributed by atoms with Crippen molar-refractivity contribution in [3.63, 3.8) is 0 Å². The molecule has 0 saturated carbocycles. The second-order valence-electron chi connectivity index (χ2n) is 3.45. The maximum Gasteiger partial charge on any atom is 0.144 e. The van der Waals surface area contributed by atoms with Crippen LogP contribution in [0.4, 0.5) is 0 Å². The Balaban J connectivity index is 2.86. The van der Waals surface area contributed by atoms with Crippen LogP contribution in [0.1, 0.15) is 11.1 Å². The van der Waals surface area contributed by atoms with Crippen LogP contribution in [-0.4, -0.2) is 12.1 Å². The summed E-state index contributed by atoms with van der Waals surface area (Å²) in [5.74, 6) is 0.750. The highest BCUT2D eigenvalue weighted by molar-refractivity contribution is 6.32. The molecule has 0 bridgehead atoms. The first-order valence-corrected chi connectivity index (χ1v) is 5.10. The fourth-order valence-corrected chi connectivity index (χ4v) is 2.02. The van der Waals surface area contributed by atoms with Crippen LogP contribution in [0.15, 0.2) is 12.3 Å². The number of aryl methyl sites for hydroxylation is 1. The predicted octanol–water partition coefficient (Wildman–Crippen LogP) is 2.60. The molecule has 0 atom stereocenters. The van der Waals surface area contributed by atoms with Gasteiger partial charge in [0.2, 0.25) is 0 Å². The van der Waals surface area contributed by atoms with E-state index in [0.29, 0.717) is 11.6 Å². The monoisotopic (exact) mass is 224 g/mol. The van der Waals surface area contributed by atoms with Gasteiger partial charge in [-0.05, 0) is 18.1 Å². The van der Waals surface area contributed by atoms with Crippen molar-refractivity contribution < 1.29 is 4.74 Å². The van der Waals surface area contributed by atoms with Crippen molar-refractivity contribution in [1.82, 2.24) is 4.98 Å². The van der Waals surface area contributed by atoms with Gasteiger partial charge in [-0.1, -0.05) is 11.6 Å². The van der Waals surface area contributed by atoms with Crippen LogP contribution in [0.2, 0.25) is 5.02 Å². The summed E-state index contributed by atoms with van der Waals surface area (Å²) in [6.45, 7) is 2.47. The van der Waals surface area contributed by atoms with Gasteiger partial charge in [0.25, 0.3) is 0 Å². The highest BCUT2D eigenvalue weighted by Gasteiger charge is 2.12. The first-order chi connectivity index (χ1) is 7.19. The minimum Gasteiger partial charge on any atom is -0.495 e. The summed E-state index contributed by atoms with van der Waals surface area (Å²) in [6, 6.07) is 1.82. The number of fused-ring (bicyclic) bond motifs is 1. The number of aromatic amines is 1. The number of hydrogen-bond donors (Lipinski definition) is 2. The molecule has 0 aliphatic carbocycles. The number of rotatable bonds is 2. The lowest BCUT2D eigenvalue weighted by Crippen LogP contribution is -1.95. The zero-order valence-electron chi connectivity index (χ0n) is 8.73. The number of hydrogen-bond acceptors (Lipinski definition) is 2. The molecule has 2 aromatic rings. The summed E-state index contributed by atoms with van der Waals surface area (Å²) in [5, 5.41) is 1.77. The van der Waals surface area contributed by atoms with Crippen molar-refractivity contribution in [3.8, 4) is 5.75 Å². The van der Waals surface area contributed by atoms with E-state index in [1.807, 2.05) is 19.2 Å². The van der Waals surface area contributed by atoms with Gasteiger partial charge >= 0.3 is 0 Å². The lowest BCUT2D eigenvalue weighted by molar-refractivity contribution is 0.419. The molecule has 0 unspecified atom stereocenters. The first kappa shape index (κ1) is 10.3. The van der Waals surface area contributed by atoms with E-state index in [2.05, 4.69) is 4.98 Å². The van der Waals surface area contributed by atoms with E-state index in [4.69, 9.17) is 22.1 Å². The fourth-order valence-electron chi connectivity index (χ4n) is 1.82. The number of ether oxygens (including phenoxy) is 1. The minimum atomic E-state index is 0.490. The van der Waals surface area contributed by atoms with Crippen molar-refractivity contribution >= 4 is 22.5 Å². The van der Waals surface area contributed by atoms with Crippen molar-refractivity contribution in [2.45, 2.75) is 13.5 Å². The van der Waals surface area contributed by atoms with Gasteiger partial charge in [-0.2, -0.15) is 0 Å². The van der Waals surface area contributed by atoms with Crippen LogP contribution in [0, 0.1) is 6.92 Å². The Hall–Kier alpha value is -1.19. The predicted molar refractivity (Wildman–Crippen MR) is 62.5 cm³/mol. The molecular formula is C11H13ClN2O. The molecular weight excluding hydrogens is 212 g/mol. The first-order valence-electron chi connectivity index (χ1n) is 4.72. The second kappa shape index (κ2) is 3.76. The van der Waals surface area contributed by atoms with Crippen LogP contribution < -0.4 is 10.5 Å². The van der Waals surface area contributed by atoms with Crippen LogP contribution in [0.3, 0.4) is 0 Å². The molecule has 2 rings (SSSR count). The highest BCUT2D eigenvalue weighted by atomic mass is 35.5. The van der Waals surface area contributed by atoms with Gasteiger partial charge in [0.1, 0.15) is 5.75 Å². The number of methoxy groups -OCH3 is 1. The Morgan fingerprint density at radius 2 is 2.27 bits per heavy atom. The van der Waals surface area contributed by atoms with E-state index in [9.17, 15) is 0 Å². The standard InChI is InChI=1S/C11H13ClN2O/c1-6-8(12)3-9(15-2)11-10(6)7(4-13)5-14-11/h3,5,14H,4,13H2,1-2H3. The topological polar surface area (TPSA) is 51.0 Å². The molecule has 3 N–H and O–H groups in total. The molecule has 0 radical (unpaired) electrons. The number of halogens is 1. The van der Waals surface area contributed by atoms with E-state index in [1.54, 1.807) is 7.11 Å². The van der Waals surface area contributed by atoms with Crippen LogP contribution in [0.25, 0.3) is 10.9 Å². The maximum absolute atomic E-state index is 6.12. The number of nitrogens with one attached hydrogen (secondary N) is 1. The zero-order valence-corrected chi connectivity index (χ0v) is 9.48. The molecule has 0 fully saturated rings. The number of nitrogens with two attached hydrogens (primary N) is 1. The Bertz CT molecular complexity index is 505. The van der Waals surface area contributed by atoms with E-state index in [-0.39, 0.29) is 0 Å². The highest BCUT2D eigenvalue weighted by Crippen LogP contribution is 2.34. The van der Waals surface area contributed by atoms with E-state index in [0.717, 1.165) is 27.8 Å². The summed E-state index contributed by atoms with van der Waals surface area (Å²) in [4.78, 5) is 3.16. The quantitative estimate of drug-likeness (QED) is 0.824. The van der Waals surface area contributed by atoms with Crippen LogP contribution in [-0.2, 0) is 6.54 Å². The smallest absolute Gasteiger partial charge is 0.144 e. The summed E-state index contributed by atoms with van der Waals surface area (Å²) in [7, 11) is 1.63. The van der Waals surface area contributed by atoms with Gasteiger partial charge in [-0.15, -0.1) is 0 Å². The van der Waals surface area contributed by atoms with E-state index < -0.39 is 0 Å². The lowest BCUT2D eigenvalue weighted by atomic mass is 10.1. The van der Waals surface area contributed by atoms with Gasteiger partial charge < -0.3 is 15.5 Å². The Morgan fingerprint density at radius 3 is 2.87 bits per heavy atom. The fraction of sp³-hybridized carbons (Fsp3) is 0.273. The van der Waals surface area contributed by atoms with Gasteiger partial charge in [0, 0.05) is 29.2 Å². The molecule has 15 heavy (non-hydrogen) atoms. The van der Waals surface area contributed by atoms with Gasteiger partial charge in [-0.25, -0.2) is 0 Å². The molecule has 0 amide bonds. The third-order valence-electron chi connectivity index (χ3n) is 2.64. The summed E-state index contributed by atoms with van der Waals surface area (Å²) < 4.78 is 5.26. The summed E-state index contributed by atoms with van der Waals surface area (Å²) in [6.07, 6.45) is 1.90. The van der Waals surface area contributed by atoms with Crippen LogP contribution >= 0.6 is 11.6 Å². The van der Waals surface area contributed by atoms with E-state index >= 15 is 0 Å². The van der Waals surface area contributed by atoms with Gasteiger partial charge in [-0.3, -0.25) is 0 Å². The van der Waals surface area contributed by atoms with Gasteiger partial charge in [0.15, 0.2) is 0 Å². The molecule has 0 saturated heterocycles. The lowest BCUT2D eigenvalue weighted by Gasteiger charge is -2.07. The molecule has 0 spiro atoms. The Morgan fingerprint density at radius 1 is 1.53 bits per heavy atom. The summed E-state index contributed by atoms with van der Waals surface area (Å²) >= 11 is 6.12. The Labute approximate surface area is 93.2 Å². The average Bonchev–Trinajstić information content (AvgIpc) is 2.67. The van der Waals surface area contributed by atoms with Crippen molar-refractivity contribution in [1.29, 1.82) is 0 Å². The molecule has 0 aliphatic heterocycles. The average molecular weight is 225 g/mol. The second-order valence-corrected chi connectivity index (χ2v) is 3.86. The molecule has 0 aliphatic rings. The third-order valence-corrected chi connectivity index (χ3v) is 3.03.